The second kappa shape index (κ2) is 9.73. The number of rotatable bonds is 4. The van der Waals surface area contributed by atoms with Crippen LogP contribution in [0.3, 0.4) is 0 Å². The molecule has 4 aromatic rings. The van der Waals surface area contributed by atoms with Gasteiger partial charge >= 0.3 is 0 Å². The fourth-order valence-electron chi connectivity index (χ4n) is 4.63. The van der Waals surface area contributed by atoms with Gasteiger partial charge in [0.05, 0.1) is 11.6 Å². The van der Waals surface area contributed by atoms with E-state index in [1.54, 1.807) is 18.3 Å². The van der Waals surface area contributed by atoms with Gasteiger partial charge in [-0.05, 0) is 78.7 Å². The number of carbonyl (C=O) groups is 1. The molecule has 0 aliphatic carbocycles. The van der Waals surface area contributed by atoms with E-state index in [9.17, 15) is 10.1 Å². The topological polar surface area (TPSA) is 81.9 Å². The first-order valence-electron chi connectivity index (χ1n) is 11.6. The van der Waals surface area contributed by atoms with E-state index in [1.807, 2.05) is 48.4 Å². The van der Waals surface area contributed by atoms with E-state index >= 15 is 0 Å². The van der Waals surface area contributed by atoms with E-state index in [-0.39, 0.29) is 11.9 Å². The summed E-state index contributed by atoms with van der Waals surface area (Å²) >= 11 is 6.06. The number of anilines is 1. The van der Waals surface area contributed by atoms with E-state index in [0.717, 1.165) is 46.1 Å². The minimum atomic E-state index is -0.00938. The van der Waals surface area contributed by atoms with Crippen molar-refractivity contribution in [3.05, 3.63) is 89.0 Å². The number of likely N-dealkylation sites (tertiary alicyclic amines) is 1. The Morgan fingerprint density at radius 1 is 1.11 bits per heavy atom. The number of nitriles is 1. The first-order chi connectivity index (χ1) is 17.0. The van der Waals surface area contributed by atoms with Crippen LogP contribution in [0.2, 0.25) is 5.15 Å². The number of hydrogen-bond acceptors (Lipinski definition) is 5. The number of halogens is 1. The number of piperidine rings is 1. The Balaban J connectivity index is 1.35. The molecular weight excluding hydrogens is 458 g/mol. The Hall–Kier alpha value is -3.95. The Morgan fingerprint density at radius 3 is 2.71 bits per heavy atom. The molecule has 3 heterocycles. The number of aromatic nitrogens is 2. The van der Waals surface area contributed by atoms with Crippen LogP contribution in [0, 0.1) is 18.3 Å². The smallest absolute Gasteiger partial charge is 0.254 e. The molecule has 1 N–H and O–H groups in total. The number of amides is 1. The van der Waals surface area contributed by atoms with Gasteiger partial charge in [0.25, 0.3) is 5.91 Å². The van der Waals surface area contributed by atoms with Gasteiger partial charge in [0.2, 0.25) is 0 Å². The van der Waals surface area contributed by atoms with Gasteiger partial charge in [-0.3, -0.25) is 9.78 Å². The van der Waals surface area contributed by atoms with Crippen molar-refractivity contribution < 1.29 is 4.79 Å². The average molecular weight is 482 g/mol. The largest absolute Gasteiger partial charge is 0.382 e. The van der Waals surface area contributed by atoms with Crippen molar-refractivity contribution in [2.24, 2.45) is 0 Å². The van der Waals surface area contributed by atoms with Gasteiger partial charge < -0.3 is 10.2 Å². The van der Waals surface area contributed by atoms with Crippen LogP contribution in [0.15, 0.2) is 67.0 Å². The highest BCUT2D eigenvalue weighted by Crippen LogP contribution is 2.32. The van der Waals surface area contributed by atoms with E-state index in [0.29, 0.717) is 29.4 Å². The molecule has 0 atom stereocenters. The van der Waals surface area contributed by atoms with Gasteiger partial charge in [-0.15, -0.1) is 0 Å². The molecule has 6 nitrogen and oxygen atoms in total. The number of nitrogens with zero attached hydrogens (tertiary/aromatic N) is 4. The summed E-state index contributed by atoms with van der Waals surface area (Å²) in [6.45, 7) is 3.16. The first kappa shape index (κ1) is 22.8. The predicted octanol–water partition coefficient (Wildman–Crippen LogP) is 5.85. The van der Waals surface area contributed by atoms with Crippen molar-refractivity contribution in [1.82, 2.24) is 14.9 Å². The highest BCUT2D eigenvalue weighted by Gasteiger charge is 2.24. The summed E-state index contributed by atoms with van der Waals surface area (Å²) < 4.78 is 0. The summed E-state index contributed by atoms with van der Waals surface area (Å²) in [6.07, 6.45) is 5.33. The highest BCUT2D eigenvalue weighted by atomic mass is 35.5. The summed E-state index contributed by atoms with van der Waals surface area (Å²) in [5, 5.41) is 15.5. The van der Waals surface area contributed by atoms with Gasteiger partial charge in [0.1, 0.15) is 5.15 Å². The van der Waals surface area contributed by atoms with E-state index < -0.39 is 0 Å². The molecule has 2 aromatic heterocycles. The molecule has 1 amide bonds. The normalized spacial score (nSPS) is 14.0. The molecule has 1 aliphatic rings. The fourth-order valence-corrected chi connectivity index (χ4v) is 4.88. The molecule has 0 spiro atoms. The summed E-state index contributed by atoms with van der Waals surface area (Å²) in [5.74, 6) is -0.00938. The second-order valence-electron chi connectivity index (χ2n) is 8.84. The number of aryl methyl sites for hydroxylation is 1. The molecule has 0 radical (unpaired) electrons. The van der Waals surface area contributed by atoms with Gasteiger partial charge in [0.15, 0.2) is 0 Å². The van der Waals surface area contributed by atoms with E-state index in [1.165, 1.54) is 0 Å². The molecule has 0 unspecified atom stereocenters. The van der Waals surface area contributed by atoms with Crippen molar-refractivity contribution >= 4 is 34.0 Å². The summed E-state index contributed by atoms with van der Waals surface area (Å²) in [7, 11) is 0. The standard InChI is InChI=1S/C28H24ClN5O/c1-18-11-23(15-27(29)32-18)28(35)34-9-6-24(7-10-34)33-26-14-22(13-21-5-8-31-17-25(21)26)20-4-2-3-19(12-20)16-30/h2-5,8,11-15,17,24,33H,6-7,9-10H2,1H3. The molecule has 1 saturated heterocycles. The Kier molecular flexibility index (Phi) is 6.35. The van der Waals surface area contributed by atoms with Crippen molar-refractivity contribution in [2.75, 3.05) is 18.4 Å². The fraction of sp³-hybridized carbons (Fsp3) is 0.214. The minimum Gasteiger partial charge on any atom is -0.382 e. The van der Waals surface area contributed by atoms with Crippen molar-refractivity contribution in [3.8, 4) is 17.2 Å². The zero-order valence-corrected chi connectivity index (χ0v) is 20.1. The third kappa shape index (κ3) is 4.96. The number of nitrogens with one attached hydrogen (secondary N) is 1. The Morgan fingerprint density at radius 2 is 1.94 bits per heavy atom. The Bertz CT molecular complexity index is 1430. The monoisotopic (exact) mass is 481 g/mol. The van der Waals surface area contributed by atoms with Crippen molar-refractivity contribution in [1.29, 1.82) is 5.26 Å². The molecule has 5 rings (SSSR count). The lowest BCUT2D eigenvalue weighted by Gasteiger charge is -2.33. The summed E-state index contributed by atoms with van der Waals surface area (Å²) in [4.78, 5) is 23.3. The number of hydrogen-bond donors (Lipinski definition) is 1. The number of carbonyl (C=O) groups excluding carboxylic acids is 1. The third-order valence-electron chi connectivity index (χ3n) is 6.39. The van der Waals surface area contributed by atoms with Crippen molar-refractivity contribution in [3.63, 3.8) is 0 Å². The summed E-state index contributed by atoms with van der Waals surface area (Å²) in [6, 6.07) is 19.8. The quantitative estimate of drug-likeness (QED) is 0.370. The van der Waals surface area contributed by atoms with E-state index in [2.05, 4.69) is 33.5 Å². The van der Waals surface area contributed by atoms with Crippen LogP contribution >= 0.6 is 11.6 Å². The Labute approximate surface area is 209 Å². The first-order valence-corrected chi connectivity index (χ1v) is 12.0. The van der Waals surface area contributed by atoms with Gasteiger partial charge in [-0.25, -0.2) is 4.98 Å². The van der Waals surface area contributed by atoms with Crippen LogP contribution in [-0.2, 0) is 0 Å². The molecule has 7 heteroatoms. The van der Waals surface area contributed by atoms with Gasteiger partial charge in [0, 0.05) is 53.9 Å². The van der Waals surface area contributed by atoms with Crippen LogP contribution in [0.25, 0.3) is 21.9 Å². The zero-order chi connectivity index (χ0) is 24.4. The molecule has 2 aromatic carbocycles. The lowest BCUT2D eigenvalue weighted by molar-refractivity contribution is 0.0718. The minimum absolute atomic E-state index is 0.00938. The lowest BCUT2D eigenvalue weighted by atomic mass is 9.98. The zero-order valence-electron chi connectivity index (χ0n) is 19.3. The third-order valence-corrected chi connectivity index (χ3v) is 6.59. The van der Waals surface area contributed by atoms with Crippen LogP contribution in [0.1, 0.15) is 34.5 Å². The van der Waals surface area contributed by atoms with Gasteiger partial charge in [-0.2, -0.15) is 5.26 Å². The van der Waals surface area contributed by atoms with Crippen LogP contribution < -0.4 is 5.32 Å². The molecule has 1 fully saturated rings. The second-order valence-corrected chi connectivity index (χ2v) is 9.23. The lowest BCUT2D eigenvalue weighted by Crippen LogP contribution is -2.42. The maximum Gasteiger partial charge on any atom is 0.254 e. The van der Waals surface area contributed by atoms with Crippen LogP contribution in [0.5, 0.6) is 0 Å². The molecule has 1 aliphatic heterocycles. The molecule has 35 heavy (non-hydrogen) atoms. The number of fused-ring (bicyclic) bond motifs is 1. The van der Waals surface area contributed by atoms with Gasteiger partial charge in [-0.1, -0.05) is 23.7 Å². The average Bonchev–Trinajstić information content (AvgIpc) is 2.88. The van der Waals surface area contributed by atoms with Crippen molar-refractivity contribution in [2.45, 2.75) is 25.8 Å². The van der Waals surface area contributed by atoms with E-state index in [4.69, 9.17) is 11.6 Å². The predicted molar refractivity (Wildman–Crippen MR) is 138 cm³/mol. The molecule has 0 bridgehead atoms. The maximum absolute atomic E-state index is 13.0. The summed E-state index contributed by atoms with van der Waals surface area (Å²) in [5.41, 5.74) is 5.00. The maximum atomic E-state index is 13.0. The van der Waals surface area contributed by atoms with Crippen LogP contribution in [0.4, 0.5) is 5.69 Å². The molecule has 174 valence electrons. The molecular formula is C28H24ClN5O. The SMILES string of the molecule is Cc1cc(C(=O)N2CCC(Nc3cc(-c4cccc(C#N)c4)cc4ccncc34)CC2)cc(Cl)n1. The molecule has 0 saturated carbocycles. The highest BCUT2D eigenvalue weighted by molar-refractivity contribution is 6.29. The number of benzene rings is 2. The number of pyridine rings is 2. The van der Waals surface area contributed by atoms with Crippen LogP contribution in [-0.4, -0.2) is 39.9 Å².